The minimum Gasteiger partial charge on any atom is -0.478 e. The van der Waals surface area contributed by atoms with E-state index in [0.717, 1.165) is 0 Å². The number of hydrogen-bond donors (Lipinski definition) is 2. The molecule has 2 rings (SSSR count). The fourth-order valence-electron chi connectivity index (χ4n) is 1.67. The Morgan fingerprint density at radius 2 is 2.11 bits per heavy atom. The maximum absolute atomic E-state index is 11.0. The Hall–Kier alpha value is -2.01. The molecule has 5 heteroatoms. The molecule has 19 heavy (non-hydrogen) atoms. The largest absolute Gasteiger partial charge is 0.478 e. The van der Waals surface area contributed by atoms with Crippen molar-refractivity contribution in [2.75, 3.05) is 5.73 Å². The zero-order chi connectivity index (χ0) is 13.8. The van der Waals surface area contributed by atoms with E-state index in [9.17, 15) is 4.79 Å². The molecule has 98 valence electrons. The molecule has 0 spiro atoms. The molecule has 1 heterocycles. The van der Waals surface area contributed by atoms with Crippen LogP contribution < -0.4 is 5.73 Å². The number of carbonyl (C=O) groups is 1. The van der Waals surface area contributed by atoms with Crippen molar-refractivity contribution in [3.05, 3.63) is 53.2 Å². The molecule has 0 unspecified atom stereocenters. The Bertz CT molecular complexity index is 614. The first-order valence-electron chi connectivity index (χ1n) is 5.74. The van der Waals surface area contributed by atoms with Gasteiger partial charge in [-0.3, -0.25) is 0 Å². The van der Waals surface area contributed by atoms with Gasteiger partial charge in [-0.1, -0.05) is 36.0 Å². The Morgan fingerprint density at radius 3 is 2.79 bits per heavy atom. The van der Waals surface area contributed by atoms with Crippen LogP contribution in [0.4, 0.5) is 5.69 Å². The number of benzene rings is 1. The summed E-state index contributed by atoms with van der Waals surface area (Å²) < 4.78 is 0. The fourth-order valence-corrected chi connectivity index (χ4v) is 2.69. The number of aromatic carboxylic acids is 1. The fraction of sp³-hybridized carbons (Fsp3) is 0.143. The molecule has 0 amide bonds. The lowest BCUT2D eigenvalue weighted by Gasteiger charge is -2.08. The average molecular weight is 274 g/mol. The van der Waals surface area contributed by atoms with Gasteiger partial charge in [0.2, 0.25) is 0 Å². The number of anilines is 1. The number of nitrogens with two attached hydrogens (primary N) is 1. The number of nitrogens with zero attached hydrogens (tertiary/aromatic N) is 1. The lowest BCUT2D eigenvalue weighted by molar-refractivity contribution is 0.0697. The Labute approximate surface area is 115 Å². The molecule has 0 fully saturated rings. The minimum absolute atomic E-state index is 0.0993. The molecule has 0 aliphatic heterocycles. The first-order chi connectivity index (χ1) is 9.09. The van der Waals surface area contributed by atoms with E-state index in [4.69, 9.17) is 10.8 Å². The second-order valence-corrected chi connectivity index (χ2v) is 5.06. The zero-order valence-corrected chi connectivity index (χ0v) is 11.3. The van der Waals surface area contributed by atoms with Crippen molar-refractivity contribution in [1.82, 2.24) is 4.98 Å². The van der Waals surface area contributed by atoms with E-state index in [1.807, 2.05) is 31.2 Å². The van der Waals surface area contributed by atoms with E-state index in [2.05, 4.69) is 4.98 Å². The lowest BCUT2D eigenvalue weighted by atomic mass is 10.1. The smallest absolute Gasteiger partial charge is 0.337 e. The van der Waals surface area contributed by atoms with Gasteiger partial charge < -0.3 is 10.8 Å². The summed E-state index contributed by atoms with van der Waals surface area (Å²) in [6, 6.07) is 9.46. The van der Waals surface area contributed by atoms with Crippen molar-refractivity contribution in [2.45, 2.75) is 17.7 Å². The predicted molar refractivity (Wildman–Crippen MR) is 76.3 cm³/mol. The number of pyridine rings is 1. The van der Waals surface area contributed by atoms with Gasteiger partial charge in [0.1, 0.15) is 5.03 Å². The van der Waals surface area contributed by atoms with Gasteiger partial charge >= 0.3 is 5.97 Å². The van der Waals surface area contributed by atoms with Gasteiger partial charge in [0.25, 0.3) is 0 Å². The van der Waals surface area contributed by atoms with Crippen molar-refractivity contribution in [1.29, 1.82) is 0 Å². The molecule has 0 saturated heterocycles. The highest BCUT2D eigenvalue weighted by Gasteiger charge is 2.12. The monoisotopic (exact) mass is 274 g/mol. The molecule has 0 bridgehead atoms. The van der Waals surface area contributed by atoms with Crippen molar-refractivity contribution in [2.24, 2.45) is 0 Å². The summed E-state index contributed by atoms with van der Waals surface area (Å²) in [6.07, 6.45) is 1.47. The van der Waals surface area contributed by atoms with Crippen molar-refractivity contribution in [3.63, 3.8) is 0 Å². The first-order valence-corrected chi connectivity index (χ1v) is 6.73. The summed E-state index contributed by atoms with van der Waals surface area (Å²) >= 11 is 1.45. The van der Waals surface area contributed by atoms with Crippen molar-refractivity contribution in [3.8, 4) is 0 Å². The third kappa shape index (κ3) is 3.06. The summed E-state index contributed by atoms with van der Waals surface area (Å²) in [5, 5.41) is 9.56. The number of carboxylic acids is 1. The molecule has 0 radical (unpaired) electrons. The summed E-state index contributed by atoms with van der Waals surface area (Å²) in [4.78, 5) is 15.1. The van der Waals surface area contributed by atoms with Gasteiger partial charge in [-0.2, -0.15) is 0 Å². The van der Waals surface area contributed by atoms with Crippen molar-refractivity contribution < 1.29 is 9.90 Å². The number of thioether (sulfide) groups is 1. The second-order valence-electron chi connectivity index (χ2n) is 4.10. The van der Waals surface area contributed by atoms with E-state index in [0.29, 0.717) is 10.8 Å². The van der Waals surface area contributed by atoms with Crippen LogP contribution in [0.3, 0.4) is 0 Å². The molecular formula is C14H14N2O2S. The molecule has 1 aromatic carbocycles. The van der Waals surface area contributed by atoms with E-state index in [1.54, 1.807) is 0 Å². The maximum atomic E-state index is 11.0. The van der Waals surface area contributed by atoms with Gasteiger partial charge in [-0.15, -0.1) is 0 Å². The second kappa shape index (κ2) is 5.75. The molecule has 3 N–H and O–H groups in total. The molecule has 2 aromatic rings. The Kier molecular flexibility index (Phi) is 4.06. The summed E-state index contributed by atoms with van der Waals surface area (Å²) in [5.41, 5.74) is 8.54. The molecule has 0 atom stereocenters. The Balaban J connectivity index is 2.19. The van der Waals surface area contributed by atoms with Crippen LogP contribution in [-0.2, 0) is 5.75 Å². The van der Waals surface area contributed by atoms with Gasteiger partial charge in [0.05, 0.1) is 11.3 Å². The topological polar surface area (TPSA) is 76.2 Å². The van der Waals surface area contributed by atoms with Crippen LogP contribution in [0.1, 0.15) is 21.5 Å². The molecule has 4 nitrogen and oxygen atoms in total. The highest BCUT2D eigenvalue weighted by atomic mass is 32.2. The quantitative estimate of drug-likeness (QED) is 0.838. The number of aromatic nitrogens is 1. The first kappa shape index (κ1) is 13.4. The third-order valence-electron chi connectivity index (χ3n) is 2.81. The SMILES string of the molecule is Cc1ccccc1CSc1nccc(C(=O)O)c1N. The minimum atomic E-state index is -1.03. The van der Waals surface area contributed by atoms with Crippen LogP contribution in [-0.4, -0.2) is 16.1 Å². The summed E-state index contributed by atoms with van der Waals surface area (Å²) in [7, 11) is 0. The van der Waals surface area contributed by atoms with E-state index < -0.39 is 5.97 Å². The average Bonchev–Trinajstić information content (AvgIpc) is 2.39. The standard InChI is InChI=1S/C14H14N2O2S/c1-9-4-2-3-5-10(9)8-19-13-12(15)11(14(17)18)6-7-16-13/h2-7H,8,15H2,1H3,(H,17,18). The van der Waals surface area contributed by atoms with Gasteiger partial charge in [0, 0.05) is 11.9 Å². The van der Waals surface area contributed by atoms with Gasteiger partial charge in [0.15, 0.2) is 0 Å². The highest BCUT2D eigenvalue weighted by Crippen LogP contribution is 2.29. The highest BCUT2D eigenvalue weighted by molar-refractivity contribution is 7.98. The number of nitrogen functional groups attached to an aromatic ring is 1. The zero-order valence-electron chi connectivity index (χ0n) is 10.5. The van der Waals surface area contributed by atoms with Crippen LogP contribution in [0.15, 0.2) is 41.6 Å². The number of aryl methyl sites for hydroxylation is 1. The van der Waals surface area contributed by atoms with Crippen LogP contribution in [0.25, 0.3) is 0 Å². The normalized spacial score (nSPS) is 10.4. The Morgan fingerprint density at radius 1 is 1.37 bits per heavy atom. The van der Waals surface area contributed by atoms with Gasteiger partial charge in [-0.05, 0) is 24.1 Å². The van der Waals surface area contributed by atoms with Crippen LogP contribution in [0, 0.1) is 6.92 Å². The van der Waals surface area contributed by atoms with E-state index in [-0.39, 0.29) is 11.3 Å². The predicted octanol–water partition coefficient (Wildman–Crippen LogP) is 2.96. The molecule has 0 saturated carbocycles. The molecule has 0 aliphatic rings. The van der Waals surface area contributed by atoms with Crippen LogP contribution >= 0.6 is 11.8 Å². The summed E-state index contributed by atoms with van der Waals surface area (Å²) in [6.45, 7) is 2.04. The molecule has 1 aromatic heterocycles. The van der Waals surface area contributed by atoms with E-state index >= 15 is 0 Å². The number of hydrogen-bond acceptors (Lipinski definition) is 4. The maximum Gasteiger partial charge on any atom is 0.337 e. The van der Waals surface area contributed by atoms with Crippen LogP contribution in [0.5, 0.6) is 0 Å². The number of carboxylic acid groups (broad SMARTS) is 1. The van der Waals surface area contributed by atoms with Crippen molar-refractivity contribution >= 4 is 23.4 Å². The third-order valence-corrected chi connectivity index (χ3v) is 3.86. The van der Waals surface area contributed by atoms with E-state index in [1.165, 1.54) is 35.2 Å². The molecular weight excluding hydrogens is 260 g/mol. The molecule has 0 aliphatic carbocycles. The van der Waals surface area contributed by atoms with Crippen LogP contribution in [0.2, 0.25) is 0 Å². The summed E-state index contributed by atoms with van der Waals surface area (Å²) in [5.74, 6) is -0.315. The number of rotatable bonds is 4. The van der Waals surface area contributed by atoms with Gasteiger partial charge in [-0.25, -0.2) is 9.78 Å². The lowest BCUT2D eigenvalue weighted by Crippen LogP contribution is -2.04.